The molecular formula is C13H16N2OS. The van der Waals surface area contributed by atoms with Crippen LogP contribution in [0.1, 0.15) is 35.2 Å². The summed E-state index contributed by atoms with van der Waals surface area (Å²) in [6.45, 7) is 2.81. The summed E-state index contributed by atoms with van der Waals surface area (Å²) in [5.74, 6) is 0.493. The molecule has 1 fully saturated rings. The van der Waals surface area contributed by atoms with Crippen molar-refractivity contribution in [1.82, 2.24) is 9.55 Å². The highest BCUT2D eigenvalue weighted by Crippen LogP contribution is 2.40. The maximum atomic E-state index is 10.0. The molecule has 2 aromatic heterocycles. The number of hydrogen-bond donors (Lipinski definition) is 1. The number of aromatic nitrogens is 2. The van der Waals surface area contributed by atoms with Gasteiger partial charge in [0.05, 0.1) is 23.4 Å². The number of aryl methyl sites for hydroxylation is 1. The Kier molecular flexibility index (Phi) is 2.76. The fraction of sp³-hybridized carbons (Fsp3) is 0.462. The Hall–Kier alpha value is -1.13. The first kappa shape index (κ1) is 11.0. The van der Waals surface area contributed by atoms with Crippen molar-refractivity contribution < 1.29 is 5.11 Å². The molecule has 3 nitrogen and oxygen atoms in total. The zero-order chi connectivity index (χ0) is 11.8. The molecule has 1 unspecified atom stereocenters. The topological polar surface area (TPSA) is 38.0 Å². The molecule has 0 amide bonds. The fourth-order valence-electron chi connectivity index (χ4n) is 2.08. The summed E-state index contributed by atoms with van der Waals surface area (Å²) in [6.07, 6.45) is 6.12. The van der Waals surface area contributed by atoms with Crippen molar-refractivity contribution in [2.75, 3.05) is 0 Å². The number of nitrogens with zero attached hydrogens (tertiary/aromatic N) is 2. The Labute approximate surface area is 105 Å². The summed E-state index contributed by atoms with van der Waals surface area (Å²) in [4.78, 5) is 4.44. The third kappa shape index (κ3) is 2.42. The van der Waals surface area contributed by atoms with Gasteiger partial charge in [-0.05, 0) is 37.3 Å². The molecule has 0 bridgehead atoms. The highest BCUT2D eigenvalue weighted by Gasteiger charge is 2.31. The maximum Gasteiger partial charge on any atom is 0.0898 e. The molecule has 1 saturated carbocycles. The summed E-state index contributed by atoms with van der Waals surface area (Å²) in [5.41, 5.74) is 2.13. The van der Waals surface area contributed by atoms with Gasteiger partial charge in [0.2, 0.25) is 0 Å². The maximum absolute atomic E-state index is 10.0. The van der Waals surface area contributed by atoms with E-state index in [2.05, 4.69) is 14.9 Å². The van der Waals surface area contributed by atoms with Crippen LogP contribution in [0.15, 0.2) is 23.8 Å². The second-order valence-corrected chi connectivity index (χ2v) is 5.82. The standard InChI is InChI=1S/C13H16N2OS/c1-9-14-12(8-17-9)7-15-5-4-11(6-15)13(16)10-2-3-10/h4-6,8,10,13,16H,2-3,7H2,1H3. The minimum absolute atomic E-state index is 0.270. The lowest BCUT2D eigenvalue weighted by Crippen LogP contribution is -1.99. The monoisotopic (exact) mass is 248 g/mol. The minimum Gasteiger partial charge on any atom is -0.388 e. The van der Waals surface area contributed by atoms with Crippen LogP contribution in [-0.2, 0) is 6.54 Å². The lowest BCUT2D eigenvalue weighted by Gasteiger charge is -2.05. The van der Waals surface area contributed by atoms with E-state index in [1.807, 2.05) is 25.4 Å². The first-order chi connectivity index (χ1) is 8.22. The van der Waals surface area contributed by atoms with Gasteiger partial charge in [0, 0.05) is 17.8 Å². The molecule has 1 N–H and O–H groups in total. The van der Waals surface area contributed by atoms with E-state index in [0.29, 0.717) is 5.92 Å². The number of rotatable bonds is 4. The Bertz CT molecular complexity index is 513. The molecule has 0 aliphatic heterocycles. The van der Waals surface area contributed by atoms with Gasteiger partial charge in [-0.15, -0.1) is 11.3 Å². The third-order valence-electron chi connectivity index (χ3n) is 3.19. The van der Waals surface area contributed by atoms with E-state index in [-0.39, 0.29) is 6.10 Å². The molecule has 0 aromatic carbocycles. The van der Waals surface area contributed by atoms with E-state index in [0.717, 1.165) is 35.7 Å². The fourth-order valence-corrected chi connectivity index (χ4v) is 2.69. The molecule has 1 aliphatic rings. The summed E-state index contributed by atoms with van der Waals surface area (Å²) >= 11 is 1.68. The molecule has 1 aliphatic carbocycles. The molecule has 0 saturated heterocycles. The smallest absolute Gasteiger partial charge is 0.0898 e. The molecule has 17 heavy (non-hydrogen) atoms. The highest BCUT2D eigenvalue weighted by atomic mass is 32.1. The summed E-state index contributed by atoms with van der Waals surface area (Å²) in [5, 5.41) is 13.2. The second kappa shape index (κ2) is 4.27. The summed E-state index contributed by atoms with van der Waals surface area (Å²) in [6, 6.07) is 2.02. The minimum atomic E-state index is -0.270. The van der Waals surface area contributed by atoms with E-state index in [4.69, 9.17) is 0 Å². The number of thiazole rings is 1. The number of hydrogen-bond acceptors (Lipinski definition) is 3. The van der Waals surface area contributed by atoms with Gasteiger partial charge in [-0.1, -0.05) is 0 Å². The zero-order valence-electron chi connectivity index (χ0n) is 9.84. The Balaban J connectivity index is 1.71. The van der Waals surface area contributed by atoms with Crippen LogP contribution in [0, 0.1) is 12.8 Å². The van der Waals surface area contributed by atoms with Crippen LogP contribution in [0.2, 0.25) is 0 Å². The molecule has 0 radical (unpaired) electrons. The highest BCUT2D eigenvalue weighted by molar-refractivity contribution is 7.09. The normalized spacial score (nSPS) is 17.3. The lowest BCUT2D eigenvalue weighted by atomic mass is 10.1. The largest absolute Gasteiger partial charge is 0.388 e. The SMILES string of the molecule is Cc1nc(Cn2ccc(C(O)C3CC3)c2)cs1. The zero-order valence-corrected chi connectivity index (χ0v) is 10.7. The molecule has 1 atom stereocenters. The summed E-state index contributed by atoms with van der Waals surface area (Å²) < 4.78 is 2.09. The van der Waals surface area contributed by atoms with Crippen molar-refractivity contribution in [1.29, 1.82) is 0 Å². The number of aliphatic hydroxyl groups excluding tert-OH is 1. The van der Waals surface area contributed by atoms with E-state index >= 15 is 0 Å². The third-order valence-corrected chi connectivity index (χ3v) is 4.02. The van der Waals surface area contributed by atoms with E-state index < -0.39 is 0 Å². The average Bonchev–Trinajstić information content (AvgIpc) is 2.93. The van der Waals surface area contributed by atoms with Crippen LogP contribution in [-0.4, -0.2) is 14.7 Å². The molecule has 0 spiro atoms. The van der Waals surface area contributed by atoms with Gasteiger partial charge in [-0.25, -0.2) is 4.98 Å². The first-order valence-corrected chi connectivity index (χ1v) is 6.85. The lowest BCUT2D eigenvalue weighted by molar-refractivity contribution is 0.154. The van der Waals surface area contributed by atoms with E-state index in [1.165, 1.54) is 0 Å². The van der Waals surface area contributed by atoms with Crippen LogP contribution in [0.5, 0.6) is 0 Å². The van der Waals surface area contributed by atoms with Gasteiger partial charge < -0.3 is 9.67 Å². The van der Waals surface area contributed by atoms with Gasteiger partial charge in [-0.2, -0.15) is 0 Å². The van der Waals surface area contributed by atoms with Gasteiger partial charge in [0.15, 0.2) is 0 Å². The molecule has 90 valence electrons. The summed E-state index contributed by atoms with van der Waals surface area (Å²) in [7, 11) is 0. The van der Waals surface area contributed by atoms with Crippen LogP contribution in [0.25, 0.3) is 0 Å². The molecule has 2 heterocycles. The molecular weight excluding hydrogens is 232 g/mol. The Morgan fingerprint density at radius 1 is 1.59 bits per heavy atom. The average molecular weight is 248 g/mol. The van der Waals surface area contributed by atoms with E-state index in [9.17, 15) is 5.11 Å². The van der Waals surface area contributed by atoms with Crippen molar-refractivity contribution in [3.63, 3.8) is 0 Å². The molecule has 3 rings (SSSR count). The van der Waals surface area contributed by atoms with Gasteiger partial charge >= 0.3 is 0 Å². The van der Waals surface area contributed by atoms with Gasteiger partial charge in [-0.3, -0.25) is 0 Å². The first-order valence-electron chi connectivity index (χ1n) is 5.97. The van der Waals surface area contributed by atoms with E-state index in [1.54, 1.807) is 11.3 Å². The Morgan fingerprint density at radius 3 is 3.06 bits per heavy atom. The quantitative estimate of drug-likeness (QED) is 0.903. The van der Waals surface area contributed by atoms with Crippen LogP contribution >= 0.6 is 11.3 Å². The van der Waals surface area contributed by atoms with Crippen LogP contribution < -0.4 is 0 Å². The van der Waals surface area contributed by atoms with Gasteiger partial charge in [0.1, 0.15) is 0 Å². The predicted octanol–water partition coefficient (Wildman–Crippen LogP) is 2.74. The van der Waals surface area contributed by atoms with Gasteiger partial charge in [0.25, 0.3) is 0 Å². The van der Waals surface area contributed by atoms with Crippen molar-refractivity contribution in [3.8, 4) is 0 Å². The number of aliphatic hydroxyl groups is 1. The Morgan fingerprint density at radius 2 is 2.41 bits per heavy atom. The second-order valence-electron chi connectivity index (χ2n) is 4.76. The van der Waals surface area contributed by atoms with Crippen molar-refractivity contribution >= 4 is 11.3 Å². The van der Waals surface area contributed by atoms with Crippen LogP contribution in [0.4, 0.5) is 0 Å². The van der Waals surface area contributed by atoms with Crippen LogP contribution in [0.3, 0.4) is 0 Å². The van der Waals surface area contributed by atoms with Crippen molar-refractivity contribution in [3.05, 3.63) is 40.1 Å². The molecule has 2 aromatic rings. The van der Waals surface area contributed by atoms with Crippen molar-refractivity contribution in [2.45, 2.75) is 32.4 Å². The predicted molar refractivity (Wildman–Crippen MR) is 68.1 cm³/mol. The molecule has 4 heteroatoms. The van der Waals surface area contributed by atoms with Crippen molar-refractivity contribution in [2.24, 2.45) is 5.92 Å².